The van der Waals surface area contributed by atoms with Gasteiger partial charge in [-0.15, -0.1) is 11.3 Å². The van der Waals surface area contributed by atoms with Crippen molar-refractivity contribution in [3.63, 3.8) is 0 Å². The molecule has 1 N–H and O–H groups in total. The molecule has 0 saturated heterocycles. The molecule has 1 heterocycles. The van der Waals surface area contributed by atoms with Crippen molar-refractivity contribution in [2.24, 2.45) is 0 Å². The maximum absolute atomic E-state index is 4.63. The van der Waals surface area contributed by atoms with Crippen LogP contribution in [0.5, 0.6) is 0 Å². The molecule has 0 bridgehead atoms. The molecule has 0 aliphatic heterocycles. The predicted molar refractivity (Wildman–Crippen MR) is 103 cm³/mol. The second-order valence-corrected chi connectivity index (χ2v) is 7.53. The van der Waals surface area contributed by atoms with Crippen molar-refractivity contribution in [2.75, 3.05) is 5.32 Å². The molecule has 5 heteroatoms. The molecule has 0 atom stereocenters. The molecule has 0 fully saturated rings. The lowest BCUT2D eigenvalue weighted by Gasteiger charge is -2.02. The molecular formula is C15H10I2N2S. The molecule has 0 spiro atoms. The highest BCUT2D eigenvalue weighted by Crippen LogP contribution is 2.27. The van der Waals surface area contributed by atoms with E-state index >= 15 is 0 Å². The van der Waals surface area contributed by atoms with Gasteiger partial charge in [0.2, 0.25) is 0 Å². The number of hydrogen-bond acceptors (Lipinski definition) is 3. The van der Waals surface area contributed by atoms with E-state index in [2.05, 4.69) is 109 Å². The summed E-state index contributed by atoms with van der Waals surface area (Å²) in [5, 5.41) is 6.33. The van der Waals surface area contributed by atoms with Gasteiger partial charge in [-0.05, 0) is 81.6 Å². The first-order valence-corrected chi connectivity index (χ1v) is 8.98. The van der Waals surface area contributed by atoms with Crippen LogP contribution in [0.3, 0.4) is 0 Å². The minimum absolute atomic E-state index is 0.916. The number of nitrogens with zero attached hydrogens (tertiary/aromatic N) is 1. The number of anilines is 2. The van der Waals surface area contributed by atoms with Gasteiger partial charge in [0, 0.05) is 23.8 Å². The van der Waals surface area contributed by atoms with Gasteiger partial charge < -0.3 is 5.32 Å². The Hall–Kier alpha value is -0.670. The van der Waals surface area contributed by atoms with Crippen LogP contribution in [0.1, 0.15) is 0 Å². The first-order valence-electron chi connectivity index (χ1n) is 5.95. The summed E-state index contributed by atoms with van der Waals surface area (Å²) in [5.41, 5.74) is 3.23. The summed E-state index contributed by atoms with van der Waals surface area (Å²) < 4.78 is 2.46. The van der Waals surface area contributed by atoms with Crippen LogP contribution in [-0.4, -0.2) is 4.98 Å². The second kappa shape index (κ2) is 6.40. The molecule has 1 aromatic heterocycles. The van der Waals surface area contributed by atoms with E-state index in [4.69, 9.17) is 0 Å². The van der Waals surface area contributed by atoms with Crippen molar-refractivity contribution in [3.8, 4) is 11.3 Å². The fourth-order valence-corrected chi connectivity index (χ4v) is 3.20. The van der Waals surface area contributed by atoms with Gasteiger partial charge in [0.15, 0.2) is 5.13 Å². The standard InChI is InChI=1S/C15H10I2N2S/c16-11-3-1-10(2-4-11)14-9-20-15(19-14)18-13-7-5-12(17)6-8-13/h1-9H,(H,18,19). The van der Waals surface area contributed by atoms with E-state index in [-0.39, 0.29) is 0 Å². The van der Waals surface area contributed by atoms with Gasteiger partial charge in [-0.2, -0.15) is 0 Å². The van der Waals surface area contributed by atoms with Crippen molar-refractivity contribution in [1.29, 1.82) is 0 Å². The smallest absolute Gasteiger partial charge is 0.187 e. The quantitative estimate of drug-likeness (QED) is 0.459. The first kappa shape index (κ1) is 14.3. The van der Waals surface area contributed by atoms with Crippen molar-refractivity contribution < 1.29 is 0 Å². The predicted octanol–water partition coefficient (Wildman–Crippen LogP) is 5.76. The SMILES string of the molecule is Ic1ccc(Nc2nc(-c3ccc(I)cc3)cs2)cc1. The summed E-state index contributed by atoms with van der Waals surface area (Å²) in [6.45, 7) is 0. The summed E-state index contributed by atoms with van der Waals surface area (Å²) in [6.07, 6.45) is 0. The average Bonchev–Trinajstić information content (AvgIpc) is 2.91. The van der Waals surface area contributed by atoms with Gasteiger partial charge in [0.25, 0.3) is 0 Å². The lowest BCUT2D eigenvalue weighted by Crippen LogP contribution is -1.89. The molecule has 3 aromatic rings. The zero-order chi connectivity index (χ0) is 13.9. The number of benzene rings is 2. The maximum atomic E-state index is 4.63. The summed E-state index contributed by atoms with van der Waals surface area (Å²) in [7, 11) is 0. The molecule has 0 amide bonds. The largest absolute Gasteiger partial charge is 0.332 e. The number of nitrogens with one attached hydrogen (secondary N) is 1. The molecule has 0 saturated carbocycles. The molecule has 0 unspecified atom stereocenters. The highest BCUT2D eigenvalue weighted by molar-refractivity contribution is 14.1. The Morgan fingerprint density at radius 1 is 0.850 bits per heavy atom. The van der Waals surface area contributed by atoms with E-state index in [0.29, 0.717) is 0 Å². The van der Waals surface area contributed by atoms with E-state index in [1.807, 2.05) is 0 Å². The van der Waals surface area contributed by atoms with Crippen LogP contribution < -0.4 is 5.32 Å². The molecule has 0 aliphatic rings. The first-order chi connectivity index (χ1) is 9.70. The van der Waals surface area contributed by atoms with Gasteiger partial charge in [-0.25, -0.2) is 4.98 Å². The molecule has 0 radical (unpaired) electrons. The molecule has 2 nitrogen and oxygen atoms in total. The van der Waals surface area contributed by atoms with Crippen molar-refractivity contribution in [2.45, 2.75) is 0 Å². The third-order valence-corrected chi connectivity index (χ3v) is 4.94. The summed E-state index contributed by atoms with van der Waals surface area (Å²) in [6, 6.07) is 16.7. The van der Waals surface area contributed by atoms with Crippen LogP contribution in [0.4, 0.5) is 10.8 Å². The monoisotopic (exact) mass is 504 g/mol. The number of aromatic nitrogens is 1. The number of hydrogen-bond donors (Lipinski definition) is 1. The van der Waals surface area contributed by atoms with Gasteiger partial charge in [-0.3, -0.25) is 0 Å². The number of thiazole rings is 1. The topological polar surface area (TPSA) is 24.9 Å². The van der Waals surface area contributed by atoms with Crippen molar-refractivity contribution in [1.82, 2.24) is 4.98 Å². The lowest BCUT2D eigenvalue weighted by atomic mass is 10.2. The van der Waals surface area contributed by atoms with E-state index in [1.54, 1.807) is 11.3 Å². The third kappa shape index (κ3) is 3.50. The van der Waals surface area contributed by atoms with E-state index in [1.165, 1.54) is 7.14 Å². The molecule has 3 rings (SSSR count). The summed E-state index contributed by atoms with van der Waals surface area (Å²) in [5.74, 6) is 0. The van der Waals surface area contributed by atoms with Gasteiger partial charge in [0.1, 0.15) is 0 Å². The minimum atomic E-state index is 0.916. The van der Waals surface area contributed by atoms with E-state index < -0.39 is 0 Å². The van der Waals surface area contributed by atoms with Crippen LogP contribution in [-0.2, 0) is 0 Å². The Morgan fingerprint density at radius 2 is 1.45 bits per heavy atom. The fourth-order valence-electron chi connectivity index (χ4n) is 1.74. The highest BCUT2D eigenvalue weighted by atomic mass is 127. The van der Waals surface area contributed by atoms with Gasteiger partial charge in [-0.1, -0.05) is 12.1 Å². The van der Waals surface area contributed by atoms with Gasteiger partial charge in [0.05, 0.1) is 5.69 Å². The van der Waals surface area contributed by atoms with Crippen LogP contribution in [0.25, 0.3) is 11.3 Å². The van der Waals surface area contributed by atoms with Crippen LogP contribution >= 0.6 is 56.5 Å². The van der Waals surface area contributed by atoms with Crippen LogP contribution in [0.2, 0.25) is 0 Å². The average molecular weight is 504 g/mol. The zero-order valence-corrected chi connectivity index (χ0v) is 15.4. The second-order valence-electron chi connectivity index (χ2n) is 4.18. The Kier molecular flexibility index (Phi) is 4.57. The Balaban J connectivity index is 1.80. The fraction of sp³-hybridized carbons (Fsp3) is 0. The number of halogens is 2. The third-order valence-electron chi connectivity index (χ3n) is 2.74. The van der Waals surface area contributed by atoms with Crippen LogP contribution in [0.15, 0.2) is 53.9 Å². The number of rotatable bonds is 3. The molecule has 100 valence electrons. The Bertz CT molecular complexity index is 705. The molecule has 0 aliphatic carbocycles. The van der Waals surface area contributed by atoms with E-state index in [0.717, 1.165) is 22.1 Å². The van der Waals surface area contributed by atoms with Crippen molar-refractivity contribution in [3.05, 3.63) is 61.1 Å². The summed E-state index contributed by atoms with van der Waals surface area (Å²) in [4.78, 5) is 4.63. The van der Waals surface area contributed by atoms with E-state index in [9.17, 15) is 0 Å². The van der Waals surface area contributed by atoms with Gasteiger partial charge >= 0.3 is 0 Å². The molecular weight excluding hydrogens is 494 g/mol. The summed E-state index contributed by atoms with van der Waals surface area (Å²) >= 11 is 6.23. The Labute approximate surface area is 148 Å². The maximum Gasteiger partial charge on any atom is 0.187 e. The highest BCUT2D eigenvalue weighted by Gasteiger charge is 2.04. The van der Waals surface area contributed by atoms with Crippen molar-refractivity contribution >= 4 is 67.3 Å². The molecule has 20 heavy (non-hydrogen) atoms. The molecule has 2 aromatic carbocycles. The lowest BCUT2D eigenvalue weighted by molar-refractivity contribution is 1.38. The normalized spacial score (nSPS) is 10.5. The van der Waals surface area contributed by atoms with Crippen LogP contribution in [0, 0.1) is 7.14 Å². The Morgan fingerprint density at radius 3 is 2.10 bits per heavy atom. The zero-order valence-electron chi connectivity index (χ0n) is 10.3. The minimum Gasteiger partial charge on any atom is -0.332 e.